The highest BCUT2D eigenvalue weighted by atomic mass is 16.5. The van der Waals surface area contributed by atoms with Crippen molar-refractivity contribution in [3.63, 3.8) is 0 Å². The lowest BCUT2D eigenvalue weighted by atomic mass is 9.84. The van der Waals surface area contributed by atoms with Crippen LogP contribution in [0.1, 0.15) is 40.5 Å². The molecular formula is C14H32N2O. The lowest BCUT2D eigenvalue weighted by Crippen LogP contribution is -2.43. The van der Waals surface area contributed by atoms with E-state index in [2.05, 4.69) is 45.0 Å². The van der Waals surface area contributed by atoms with Gasteiger partial charge in [-0.1, -0.05) is 27.7 Å². The maximum Gasteiger partial charge on any atom is 0.0589 e. The molecule has 0 aromatic heterocycles. The Kier molecular flexibility index (Phi) is 8.83. The highest BCUT2D eigenvalue weighted by Crippen LogP contribution is 2.21. The van der Waals surface area contributed by atoms with Crippen LogP contribution < -0.4 is 5.32 Å². The SMILES string of the molecule is CCCNC(CCN(C)CCOC)C(C)(C)C. The van der Waals surface area contributed by atoms with Crippen molar-refractivity contribution < 1.29 is 4.74 Å². The van der Waals surface area contributed by atoms with E-state index < -0.39 is 0 Å². The van der Waals surface area contributed by atoms with Crippen molar-refractivity contribution in [2.24, 2.45) is 5.41 Å². The number of hydrogen-bond donors (Lipinski definition) is 1. The van der Waals surface area contributed by atoms with Gasteiger partial charge in [-0.2, -0.15) is 0 Å². The second-order valence-corrected chi connectivity index (χ2v) is 5.96. The molecule has 0 spiro atoms. The third kappa shape index (κ3) is 8.58. The Bertz CT molecular complexity index is 178. The number of nitrogens with zero attached hydrogens (tertiary/aromatic N) is 1. The Hall–Kier alpha value is -0.120. The van der Waals surface area contributed by atoms with E-state index in [9.17, 15) is 0 Å². The van der Waals surface area contributed by atoms with E-state index in [1.807, 2.05) is 0 Å². The predicted molar refractivity (Wildman–Crippen MR) is 75.5 cm³/mol. The highest BCUT2D eigenvalue weighted by Gasteiger charge is 2.23. The first-order chi connectivity index (χ1) is 7.91. The summed E-state index contributed by atoms with van der Waals surface area (Å²) in [6.45, 7) is 13.2. The number of ether oxygens (including phenoxy) is 1. The first-order valence-electron chi connectivity index (χ1n) is 6.82. The summed E-state index contributed by atoms with van der Waals surface area (Å²) in [4.78, 5) is 2.34. The molecule has 0 aliphatic rings. The van der Waals surface area contributed by atoms with E-state index in [0.717, 1.165) is 26.2 Å². The fraction of sp³-hybridized carbons (Fsp3) is 1.00. The van der Waals surface area contributed by atoms with Crippen LogP contribution in [0.15, 0.2) is 0 Å². The Morgan fingerprint density at radius 3 is 2.35 bits per heavy atom. The van der Waals surface area contributed by atoms with Crippen molar-refractivity contribution in [1.82, 2.24) is 10.2 Å². The molecular weight excluding hydrogens is 212 g/mol. The minimum atomic E-state index is 0.331. The molecule has 0 bridgehead atoms. The van der Waals surface area contributed by atoms with Crippen LogP contribution in [-0.4, -0.2) is 51.3 Å². The maximum atomic E-state index is 5.09. The molecule has 1 atom stereocenters. The first-order valence-corrected chi connectivity index (χ1v) is 6.82. The van der Waals surface area contributed by atoms with Crippen molar-refractivity contribution in [1.29, 1.82) is 0 Å². The topological polar surface area (TPSA) is 24.5 Å². The van der Waals surface area contributed by atoms with Crippen LogP contribution in [0.3, 0.4) is 0 Å². The number of hydrogen-bond acceptors (Lipinski definition) is 3. The molecule has 0 saturated heterocycles. The Morgan fingerprint density at radius 2 is 1.88 bits per heavy atom. The van der Waals surface area contributed by atoms with Gasteiger partial charge in [-0.25, -0.2) is 0 Å². The van der Waals surface area contributed by atoms with E-state index in [4.69, 9.17) is 4.74 Å². The fourth-order valence-corrected chi connectivity index (χ4v) is 1.87. The number of rotatable bonds is 9. The summed E-state index contributed by atoms with van der Waals surface area (Å²) in [5, 5.41) is 3.66. The second-order valence-electron chi connectivity index (χ2n) is 5.96. The van der Waals surface area contributed by atoms with Gasteiger partial charge in [-0.3, -0.25) is 0 Å². The molecule has 0 fully saturated rings. The summed E-state index contributed by atoms with van der Waals surface area (Å²) < 4.78 is 5.09. The van der Waals surface area contributed by atoms with Crippen LogP contribution >= 0.6 is 0 Å². The highest BCUT2D eigenvalue weighted by molar-refractivity contribution is 4.81. The van der Waals surface area contributed by atoms with Crippen LogP contribution in [0.5, 0.6) is 0 Å². The zero-order valence-corrected chi connectivity index (χ0v) is 12.7. The Morgan fingerprint density at radius 1 is 1.24 bits per heavy atom. The summed E-state index contributed by atoms with van der Waals surface area (Å²) in [6.07, 6.45) is 2.40. The van der Waals surface area contributed by atoms with Gasteiger partial charge < -0.3 is 15.0 Å². The molecule has 3 heteroatoms. The lowest BCUT2D eigenvalue weighted by Gasteiger charge is -2.33. The third-order valence-electron chi connectivity index (χ3n) is 3.16. The normalized spacial score (nSPS) is 14.3. The molecule has 1 N–H and O–H groups in total. The smallest absolute Gasteiger partial charge is 0.0589 e. The van der Waals surface area contributed by atoms with Gasteiger partial charge in [0, 0.05) is 19.7 Å². The van der Waals surface area contributed by atoms with Crippen LogP contribution in [0.4, 0.5) is 0 Å². The van der Waals surface area contributed by atoms with Gasteiger partial charge >= 0.3 is 0 Å². The van der Waals surface area contributed by atoms with Gasteiger partial charge in [-0.15, -0.1) is 0 Å². The predicted octanol–water partition coefficient (Wildman–Crippen LogP) is 2.37. The number of likely N-dealkylation sites (N-methyl/N-ethyl adjacent to an activating group) is 1. The van der Waals surface area contributed by atoms with Crippen LogP contribution in [0, 0.1) is 5.41 Å². The van der Waals surface area contributed by atoms with Crippen molar-refractivity contribution in [2.45, 2.75) is 46.6 Å². The number of nitrogens with one attached hydrogen (secondary N) is 1. The Labute approximate surface area is 108 Å². The number of methoxy groups -OCH3 is 1. The summed E-state index contributed by atoms with van der Waals surface area (Å²) in [7, 11) is 3.92. The van der Waals surface area contributed by atoms with Gasteiger partial charge in [0.25, 0.3) is 0 Å². The quantitative estimate of drug-likeness (QED) is 0.674. The minimum Gasteiger partial charge on any atom is -0.383 e. The summed E-state index contributed by atoms with van der Waals surface area (Å²) in [5.41, 5.74) is 0.331. The molecule has 0 saturated carbocycles. The molecule has 0 aromatic carbocycles. The van der Waals surface area contributed by atoms with Gasteiger partial charge in [-0.05, 0) is 38.4 Å². The molecule has 0 aromatic rings. The average molecular weight is 244 g/mol. The van der Waals surface area contributed by atoms with Gasteiger partial charge in [0.2, 0.25) is 0 Å². The minimum absolute atomic E-state index is 0.331. The molecule has 17 heavy (non-hydrogen) atoms. The molecule has 0 aliphatic carbocycles. The first kappa shape index (κ1) is 16.9. The molecule has 0 aliphatic heterocycles. The largest absolute Gasteiger partial charge is 0.383 e. The molecule has 104 valence electrons. The molecule has 1 unspecified atom stereocenters. The molecule has 3 nitrogen and oxygen atoms in total. The average Bonchev–Trinajstić information content (AvgIpc) is 2.24. The second kappa shape index (κ2) is 8.90. The summed E-state index contributed by atoms with van der Waals surface area (Å²) in [5.74, 6) is 0. The van der Waals surface area contributed by atoms with E-state index >= 15 is 0 Å². The van der Waals surface area contributed by atoms with Crippen molar-refractivity contribution in [3.8, 4) is 0 Å². The van der Waals surface area contributed by atoms with Crippen molar-refractivity contribution in [2.75, 3.05) is 40.4 Å². The van der Waals surface area contributed by atoms with E-state index in [1.165, 1.54) is 12.8 Å². The zero-order chi connectivity index (χ0) is 13.3. The van der Waals surface area contributed by atoms with Crippen molar-refractivity contribution in [3.05, 3.63) is 0 Å². The Balaban J connectivity index is 3.98. The molecule has 0 radical (unpaired) electrons. The summed E-state index contributed by atoms with van der Waals surface area (Å²) in [6, 6.07) is 0.590. The van der Waals surface area contributed by atoms with Crippen LogP contribution in [0.2, 0.25) is 0 Å². The van der Waals surface area contributed by atoms with E-state index in [-0.39, 0.29) is 0 Å². The summed E-state index contributed by atoms with van der Waals surface area (Å²) >= 11 is 0. The van der Waals surface area contributed by atoms with Gasteiger partial charge in [0.15, 0.2) is 0 Å². The molecule has 0 amide bonds. The fourth-order valence-electron chi connectivity index (χ4n) is 1.87. The van der Waals surface area contributed by atoms with E-state index in [0.29, 0.717) is 11.5 Å². The van der Waals surface area contributed by atoms with Gasteiger partial charge in [0.05, 0.1) is 6.61 Å². The van der Waals surface area contributed by atoms with Gasteiger partial charge in [0.1, 0.15) is 0 Å². The van der Waals surface area contributed by atoms with E-state index in [1.54, 1.807) is 7.11 Å². The standard InChI is InChI=1S/C14H32N2O/c1-7-9-15-13(14(2,3)4)8-10-16(5)11-12-17-6/h13,15H,7-12H2,1-6H3. The molecule has 0 rings (SSSR count). The van der Waals surface area contributed by atoms with Crippen LogP contribution in [-0.2, 0) is 4.74 Å². The maximum absolute atomic E-state index is 5.09. The lowest BCUT2D eigenvalue weighted by molar-refractivity contribution is 0.152. The zero-order valence-electron chi connectivity index (χ0n) is 12.7. The van der Waals surface area contributed by atoms with Crippen LogP contribution in [0.25, 0.3) is 0 Å². The monoisotopic (exact) mass is 244 g/mol. The third-order valence-corrected chi connectivity index (χ3v) is 3.16. The van der Waals surface area contributed by atoms with Crippen molar-refractivity contribution >= 4 is 0 Å². The molecule has 0 heterocycles.